The van der Waals surface area contributed by atoms with Crippen LogP contribution in [-0.2, 0) is 16.4 Å². The molecular weight excluding hydrogens is 479 g/mol. The SMILES string of the molecule is Nc1cc(S(=O)(=O)c2ccc(OC(F)(F)F)cc2)cnc1-c1nnc(COc2cccnc2)o1. The van der Waals surface area contributed by atoms with Crippen LogP contribution in [-0.4, -0.2) is 34.9 Å². The average molecular weight is 493 g/mol. The number of rotatable bonds is 7. The molecule has 2 N–H and O–H groups in total. The van der Waals surface area contributed by atoms with Gasteiger partial charge in [-0.25, -0.2) is 13.4 Å². The van der Waals surface area contributed by atoms with Gasteiger partial charge in [0.25, 0.3) is 11.8 Å². The van der Waals surface area contributed by atoms with Gasteiger partial charge >= 0.3 is 6.36 Å². The van der Waals surface area contributed by atoms with E-state index in [4.69, 9.17) is 14.9 Å². The van der Waals surface area contributed by atoms with Crippen LogP contribution in [0.4, 0.5) is 18.9 Å². The normalized spacial score (nSPS) is 11.9. The van der Waals surface area contributed by atoms with Crippen LogP contribution in [0.5, 0.6) is 11.5 Å². The van der Waals surface area contributed by atoms with Crippen molar-refractivity contribution in [3.63, 3.8) is 0 Å². The maximum Gasteiger partial charge on any atom is 0.573 e. The van der Waals surface area contributed by atoms with E-state index in [1.165, 1.54) is 6.20 Å². The van der Waals surface area contributed by atoms with Crippen molar-refractivity contribution < 1.29 is 35.5 Å². The van der Waals surface area contributed by atoms with Gasteiger partial charge in [-0.15, -0.1) is 23.4 Å². The lowest BCUT2D eigenvalue weighted by Gasteiger charge is -2.10. The summed E-state index contributed by atoms with van der Waals surface area (Å²) < 4.78 is 77.2. The molecule has 0 amide bonds. The summed E-state index contributed by atoms with van der Waals surface area (Å²) >= 11 is 0. The Morgan fingerprint density at radius 2 is 1.76 bits per heavy atom. The van der Waals surface area contributed by atoms with Crippen LogP contribution in [0.1, 0.15) is 5.89 Å². The lowest BCUT2D eigenvalue weighted by molar-refractivity contribution is -0.274. The number of nitrogens with two attached hydrogens (primary N) is 1. The minimum atomic E-state index is -4.89. The number of nitrogen functional groups attached to an aromatic ring is 1. The molecule has 4 rings (SSSR count). The second kappa shape index (κ2) is 8.97. The van der Waals surface area contributed by atoms with Gasteiger partial charge in [0.15, 0.2) is 12.3 Å². The number of anilines is 1. The molecule has 0 saturated heterocycles. The molecule has 34 heavy (non-hydrogen) atoms. The van der Waals surface area contributed by atoms with Crippen LogP contribution >= 0.6 is 0 Å². The predicted octanol–water partition coefficient (Wildman–Crippen LogP) is 3.42. The highest BCUT2D eigenvalue weighted by molar-refractivity contribution is 7.91. The largest absolute Gasteiger partial charge is 0.573 e. The maximum absolute atomic E-state index is 12.8. The number of nitrogens with zero attached hydrogens (tertiary/aromatic N) is 4. The second-order valence-electron chi connectivity index (χ2n) is 6.61. The van der Waals surface area contributed by atoms with E-state index in [1.807, 2.05) is 0 Å². The molecular formula is C20H14F3N5O5S. The molecule has 0 fully saturated rings. The van der Waals surface area contributed by atoms with Crippen molar-refractivity contribution >= 4 is 15.5 Å². The first kappa shape index (κ1) is 23.0. The van der Waals surface area contributed by atoms with E-state index >= 15 is 0 Å². The third kappa shape index (κ3) is 5.23. The van der Waals surface area contributed by atoms with Gasteiger partial charge in [0.1, 0.15) is 11.5 Å². The zero-order valence-corrected chi connectivity index (χ0v) is 17.7. The Labute approximate surface area is 190 Å². The summed E-state index contributed by atoms with van der Waals surface area (Å²) in [6.07, 6.45) is -0.772. The maximum atomic E-state index is 12.8. The highest BCUT2D eigenvalue weighted by Crippen LogP contribution is 2.29. The monoisotopic (exact) mass is 493 g/mol. The van der Waals surface area contributed by atoms with Crippen molar-refractivity contribution in [3.8, 4) is 23.1 Å². The predicted molar refractivity (Wildman–Crippen MR) is 109 cm³/mol. The average Bonchev–Trinajstić information content (AvgIpc) is 3.26. The number of hydrogen-bond donors (Lipinski definition) is 1. The highest BCUT2D eigenvalue weighted by atomic mass is 32.2. The topological polar surface area (TPSA) is 143 Å². The Morgan fingerprint density at radius 3 is 2.41 bits per heavy atom. The molecule has 3 heterocycles. The standard InChI is InChI=1S/C20H14F3N5O5S/c21-20(22,23)33-12-3-5-14(6-4-12)34(29,30)15-8-16(24)18(26-10-15)19-28-27-17(32-19)11-31-13-2-1-7-25-9-13/h1-10H,11,24H2. The number of pyridine rings is 2. The fraction of sp³-hybridized carbons (Fsp3) is 0.100. The Kier molecular flexibility index (Phi) is 6.06. The second-order valence-corrected chi connectivity index (χ2v) is 8.56. The molecule has 1 aromatic carbocycles. The Morgan fingerprint density at radius 1 is 1.00 bits per heavy atom. The first-order valence-electron chi connectivity index (χ1n) is 9.34. The lowest BCUT2D eigenvalue weighted by atomic mass is 10.3. The number of ether oxygens (including phenoxy) is 2. The number of alkyl halides is 3. The third-order valence-corrected chi connectivity index (χ3v) is 5.97. The number of aromatic nitrogens is 4. The molecule has 0 unspecified atom stereocenters. The molecule has 0 atom stereocenters. The van der Waals surface area contributed by atoms with E-state index in [-0.39, 0.29) is 39.6 Å². The zero-order chi connectivity index (χ0) is 24.3. The third-order valence-electron chi connectivity index (χ3n) is 4.24. The lowest BCUT2D eigenvalue weighted by Crippen LogP contribution is -2.17. The molecule has 4 aromatic rings. The number of hydrogen-bond acceptors (Lipinski definition) is 10. The van der Waals surface area contributed by atoms with Crippen LogP contribution in [0.2, 0.25) is 0 Å². The van der Waals surface area contributed by atoms with Gasteiger partial charge in [0.05, 0.1) is 21.7 Å². The minimum absolute atomic E-state index is 0.0426. The summed E-state index contributed by atoms with van der Waals surface area (Å²) in [5.74, 6) is 0.00407. The highest BCUT2D eigenvalue weighted by Gasteiger charge is 2.31. The summed E-state index contributed by atoms with van der Waals surface area (Å²) in [6, 6.07) is 8.26. The molecule has 0 spiro atoms. The number of sulfone groups is 1. The Balaban J connectivity index is 1.51. The zero-order valence-electron chi connectivity index (χ0n) is 16.9. The van der Waals surface area contributed by atoms with Gasteiger partial charge in [0.2, 0.25) is 9.84 Å². The van der Waals surface area contributed by atoms with E-state index in [2.05, 4.69) is 24.9 Å². The number of benzene rings is 1. The van der Waals surface area contributed by atoms with E-state index < -0.39 is 21.9 Å². The van der Waals surface area contributed by atoms with Crippen molar-refractivity contribution in [2.24, 2.45) is 0 Å². The van der Waals surface area contributed by atoms with Gasteiger partial charge in [0, 0.05) is 12.4 Å². The Hall–Kier alpha value is -4.20. The van der Waals surface area contributed by atoms with Gasteiger partial charge in [-0.1, -0.05) is 0 Å². The van der Waals surface area contributed by atoms with Crippen LogP contribution in [0, 0.1) is 0 Å². The Bertz CT molecular complexity index is 1390. The fourth-order valence-electron chi connectivity index (χ4n) is 2.73. The van der Waals surface area contributed by atoms with E-state index in [1.54, 1.807) is 18.3 Å². The summed E-state index contributed by atoms with van der Waals surface area (Å²) in [6.45, 7) is -0.0426. The first-order valence-corrected chi connectivity index (χ1v) is 10.8. The van der Waals surface area contributed by atoms with Crippen molar-refractivity contribution in [1.82, 2.24) is 20.2 Å². The van der Waals surface area contributed by atoms with Crippen molar-refractivity contribution in [3.05, 3.63) is 66.9 Å². The molecule has 3 aromatic heterocycles. The van der Waals surface area contributed by atoms with E-state index in [0.717, 1.165) is 36.5 Å². The molecule has 0 saturated carbocycles. The van der Waals surface area contributed by atoms with Crippen molar-refractivity contribution in [2.75, 3.05) is 5.73 Å². The number of halogens is 3. The van der Waals surface area contributed by atoms with E-state index in [0.29, 0.717) is 5.75 Å². The van der Waals surface area contributed by atoms with E-state index in [9.17, 15) is 21.6 Å². The fourth-order valence-corrected chi connectivity index (χ4v) is 3.97. The molecule has 0 radical (unpaired) electrons. The summed E-state index contributed by atoms with van der Waals surface area (Å²) in [5, 5.41) is 7.67. The van der Waals surface area contributed by atoms with Gasteiger partial charge < -0.3 is 19.6 Å². The van der Waals surface area contributed by atoms with Crippen LogP contribution < -0.4 is 15.2 Å². The van der Waals surface area contributed by atoms with Crippen LogP contribution in [0.15, 0.2) is 75.3 Å². The van der Waals surface area contributed by atoms with Gasteiger partial charge in [-0.3, -0.25) is 4.98 Å². The molecule has 176 valence electrons. The summed E-state index contributed by atoms with van der Waals surface area (Å²) in [5.41, 5.74) is 5.94. The van der Waals surface area contributed by atoms with Gasteiger partial charge in [-0.2, -0.15) is 0 Å². The molecule has 0 aliphatic heterocycles. The molecule has 14 heteroatoms. The molecule has 0 aliphatic rings. The summed E-state index contributed by atoms with van der Waals surface area (Å²) in [7, 11) is -4.13. The smallest absolute Gasteiger partial charge is 0.482 e. The van der Waals surface area contributed by atoms with Crippen LogP contribution in [0.25, 0.3) is 11.6 Å². The van der Waals surface area contributed by atoms with Gasteiger partial charge in [-0.05, 0) is 42.5 Å². The van der Waals surface area contributed by atoms with Crippen LogP contribution in [0.3, 0.4) is 0 Å². The molecule has 10 nitrogen and oxygen atoms in total. The van der Waals surface area contributed by atoms with Crippen molar-refractivity contribution in [2.45, 2.75) is 22.8 Å². The summed E-state index contributed by atoms with van der Waals surface area (Å²) in [4.78, 5) is 7.37. The van der Waals surface area contributed by atoms with Crippen molar-refractivity contribution in [1.29, 1.82) is 0 Å². The quantitative estimate of drug-likeness (QED) is 0.407. The minimum Gasteiger partial charge on any atom is -0.482 e. The molecule has 0 bridgehead atoms. The molecule has 0 aliphatic carbocycles. The first-order chi connectivity index (χ1) is 16.1.